The van der Waals surface area contributed by atoms with Gasteiger partial charge < -0.3 is 9.15 Å². The van der Waals surface area contributed by atoms with Gasteiger partial charge in [-0.25, -0.2) is 17.6 Å². The quantitative estimate of drug-likeness (QED) is 0.553. The second-order valence-corrected chi connectivity index (χ2v) is 9.12. The summed E-state index contributed by atoms with van der Waals surface area (Å²) >= 11 is 0. The van der Waals surface area contributed by atoms with Crippen molar-refractivity contribution in [1.29, 1.82) is 0 Å². The van der Waals surface area contributed by atoms with Crippen LogP contribution in [-0.4, -0.2) is 31.8 Å². The Balaban J connectivity index is 1.74. The van der Waals surface area contributed by atoms with Crippen molar-refractivity contribution in [2.75, 3.05) is 13.2 Å². The molecule has 30 heavy (non-hydrogen) atoms. The minimum Gasteiger partial charge on any atom is -0.460 e. The number of hydrogen-bond acceptors (Lipinski definition) is 5. The summed E-state index contributed by atoms with van der Waals surface area (Å²) in [6, 6.07) is 10.2. The molecule has 4 rings (SSSR count). The Labute approximate surface area is 174 Å². The van der Waals surface area contributed by atoms with Gasteiger partial charge in [0.15, 0.2) is 0 Å². The molecular weight excluding hydrogens is 409 g/mol. The van der Waals surface area contributed by atoms with E-state index in [1.54, 1.807) is 32.0 Å². The van der Waals surface area contributed by atoms with Crippen LogP contribution in [0.25, 0.3) is 11.0 Å². The molecule has 2 heterocycles. The highest BCUT2D eigenvalue weighted by Crippen LogP contribution is 2.38. The molecule has 0 bridgehead atoms. The molecule has 0 aliphatic carbocycles. The molecule has 0 amide bonds. The number of rotatable bonds is 5. The second-order valence-electron chi connectivity index (χ2n) is 7.23. The monoisotopic (exact) mass is 431 g/mol. The summed E-state index contributed by atoms with van der Waals surface area (Å²) in [5, 5.41) is 0.528. The number of esters is 1. The molecule has 1 unspecified atom stereocenters. The number of carbonyl (C=O) groups excluding carboxylic acids is 1. The first-order valence-corrected chi connectivity index (χ1v) is 11.2. The normalized spacial score (nSPS) is 17.5. The summed E-state index contributed by atoms with van der Waals surface area (Å²) in [4.78, 5) is 12.2. The van der Waals surface area contributed by atoms with Crippen molar-refractivity contribution in [3.63, 3.8) is 0 Å². The molecule has 6 nitrogen and oxygen atoms in total. The summed E-state index contributed by atoms with van der Waals surface area (Å²) in [6.07, 6.45) is 1.21. The molecule has 0 N–H and O–H groups in total. The Bertz CT molecular complexity index is 1220. The first-order chi connectivity index (χ1) is 14.3. The highest BCUT2D eigenvalue weighted by atomic mass is 32.2. The number of ether oxygens (including phenoxy) is 1. The van der Waals surface area contributed by atoms with E-state index in [9.17, 15) is 17.6 Å². The Kier molecular flexibility index (Phi) is 5.38. The molecular formula is C22H22FNO5S. The fraction of sp³-hybridized carbons (Fsp3) is 0.318. The van der Waals surface area contributed by atoms with Gasteiger partial charge in [-0.3, -0.25) is 0 Å². The fourth-order valence-corrected chi connectivity index (χ4v) is 5.67. The van der Waals surface area contributed by atoms with Gasteiger partial charge in [0.05, 0.1) is 17.5 Å². The maximum atomic E-state index is 14.3. The third kappa shape index (κ3) is 3.40. The van der Waals surface area contributed by atoms with E-state index in [0.29, 0.717) is 41.5 Å². The third-order valence-corrected chi connectivity index (χ3v) is 7.35. The number of halogens is 1. The van der Waals surface area contributed by atoms with Crippen LogP contribution in [0, 0.1) is 12.7 Å². The van der Waals surface area contributed by atoms with E-state index in [1.165, 1.54) is 28.6 Å². The zero-order chi connectivity index (χ0) is 21.5. The van der Waals surface area contributed by atoms with Crippen LogP contribution in [0.4, 0.5) is 4.39 Å². The van der Waals surface area contributed by atoms with Crippen LogP contribution in [0.1, 0.15) is 47.5 Å². The van der Waals surface area contributed by atoms with E-state index in [2.05, 4.69) is 0 Å². The molecule has 1 saturated heterocycles. The molecule has 1 fully saturated rings. The van der Waals surface area contributed by atoms with Crippen LogP contribution in [0.3, 0.4) is 0 Å². The van der Waals surface area contributed by atoms with Gasteiger partial charge in [0.2, 0.25) is 15.8 Å². The second kappa shape index (κ2) is 7.85. The van der Waals surface area contributed by atoms with Crippen molar-refractivity contribution in [3.8, 4) is 0 Å². The summed E-state index contributed by atoms with van der Waals surface area (Å²) in [5.74, 6) is -0.939. The molecule has 158 valence electrons. The van der Waals surface area contributed by atoms with Crippen LogP contribution >= 0.6 is 0 Å². The first-order valence-electron chi connectivity index (χ1n) is 9.81. The largest absolute Gasteiger partial charge is 0.460 e. The summed E-state index contributed by atoms with van der Waals surface area (Å²) in [7, 11) is -3.87. The average Bonchev–Trinajstić information content (AvgIpc) is 3.34. The van der Waals surface area contributed by atoms with Crippen molar-refractivity contribution in [2.24, 2.45) is 0 Å². The Morgan fingerprint density at radius 2 is 2.03 bits per heavy atom. The van der Waals surface area contributed by atoms with Crippen LogP contribution in [0.2, 0.25) is 0 Å². The number of hydrogen-bond donors (Lipinski definition) is 0. The molecule has 0 spiro atoms. The summed E-state index contributed by atoms with van der Waals surface area (Å²) < 4.78 is 53.1. The zero-order valence-electron chi connectivity index (χ0n) is 16.7. The number of benzene rings is 2. The van der Waals surface area contributed by atoms with Crippen LogP contribution in [0.5, 0.6) is 0 Å². The van der Waals surface area contributed by atoms with E-state index in [1.807, 2.05) is 0 Å². The van der Waals surface area contributed by atoms with Crippen molar-refractivity contribution in [2.45, 2.75) is 37.6 Å². The molecule has 1 aromatic heterocycles. The summed E-state index contributed by atoms with van der Waals surface area (Å²) in [5.41, 5.74) is 1.30. The van der Waals surface area contributed by atoms with Gasteiger partial charge in [0.25, 0.3) is 0 Å². The maximum absolute atomic E-state index is 14.3. The lowest BCUT2D eigenvalue weighted by atomic mass is 10.1. The van der Waals surface area contributed by atoms with Gasteiger partial charge in [-0.1, -0.05) is 18.2 Å². The minimum atomic E-state index is -3.87. The topological polar surface area (TPSA) is 76.8 Å². The standard InChI is InChI=1S/C22H22FNO5S/c1-3-28-22(25)21-14(2)17-13-15(10-11-20(17)29-21)30(26,27)24-12-6-9-19(24)16-7-4-5-8-18(16)23/h4-5,7-8,10-11,13,19H,3,6,9,12H2,1-2H3. The van der Waals surface area contributed by atoms with Crippen molar-refractivity contribution in [1.82, 2.24) is 4.31 Å². The minimum absolute atomic E-state index is 0.0619. The highest BCUT2D eigenvalue weighted by molar-refractivity contribution is 7.89. The lowest BCUT2D eigenvalue weighted by Crippen LogP contribution is -2.31. The van der Waals surface area contributed by atoms with E-state index < -0.39 is 27.9 Å². The van der Waals surface area contributed by atoms with Crippen molar-refractivity contribution < 1.29 is 26.8 Å². The Morgan fingerprint density at radius 3 is 2.77 bits per heavy atom. The first kappa shape index (κ1) is 20.6. The highest BCUT2D eigenvalue weighted by Gasteiger charge is 2.37. The molecule has 8 heteroatoms. The van der Waals surface area contributed by atoms with Crippen LogP contribution < -0.4 is 0 Å². The molecule has 0 radical (unpaired) electrons. The Morgan fingerprint density at radius 1 is 1.27 bits per heavy atom. The zero-order valence-corrected chi connectivity index (χ0v) is 17.5. The number of aryl methyl sites for hydroxylation is 1. The van der Waals surface area contributed by atoms with Gasteiger partial charge in [-0.05, 0) is 51.0 Å². The number of carbonyl (C=O) groups is 1. The number of nitrogens with zero attached hydrogens (tertiary/aromatic N) is 1. The molecule has 2 aromatic carbocycles. The van der Waals surface area contributed by atoms with Gasteiger partial charge in [-0.15, -0.1) is 0 Å². The van der Waals surface area contributed by atoms with E-state index >= 15 is 0 Å². The maximum Gasteiger partial charge on any atom is 0.374 e. The smallest absolute Gasteiger partial charge is 0.374 e. The van der Waals surface area contributed by atoms with Gasteiger partial charge in [0.1, 0.15) is 11.4 Å². The fourth-order valence-electron chi connectivity index (χ4n) is 3.97. The van der Waals surface area contributed by atoms with Crippen molar-refractivity contribution >= 4 is 27.0 Å². The molecule has 1 aliphatic heterocycles. The van der Waals surface area contributed by atoms with Crippen LogP contribution in [0.15, 0.2) is 51.8 Å². The van der Waals surface area contributed by atoms with Gasteiger partial charge >= 0.3 is 5.97 Å². The van der Waals surface area contributed by atoms with Crippen molar-refractivity contribution in [3.05, 3.63) is 65.2 Å². The third-order valence-electron chi connectivity index (χ3n) is 5.44. The predicted molar refractivity (Wildman–Crippen MR) is 109 cm³/mol. The van der Waals surface area contributed by atoms with E-state index in [-0.39, 0.29) is 17.3 Å². The van der Waals surface area contributed by atoms with Gasteiger partial charge in [-0.2, -0.15) is 4.31 Å². The number of sulfonamides is 1. The molecule has 1 atom stereocenters. The predicted octanol–water partition coefficient (Wildman–Crippen LogP) is 4.58. The van der Waals surface area contributed by atoms with E-state index in [0.717, 1.165) is 0 Å². The lowest BCUT2D eigenvalue weighted by Gasteiger charge is -2.24. The SMILES string of the molecule is CCOC(=O)c1oc2ccc(S(=O)(=O)N3CCCC3c3ccccc3F)cc2c1C. The van der Waals surface area contributed by atoms with Crippen LogP contribution in [-0.2, 0) is 14.8 Å². The lowest BCUT2D eigenvalue weighted by molar-refractivity contribution is 0.0491. The molecule has 3 aromatic rings. The Hall–Kier alpha value is -2.71. The number of furan rings is 1. The molecule has 0 saturated carbocycles. The summed E-state index contributed by atoms with van der Waals surface area (Å²) in [6.45, 7) is 3.91. The van der Waals surface area contributed by atoms with Gasteiger partial charge in [0, 0.05) is 23.1 Å². The molecule has 1 aliphatic rings. The van der Waals surface area contributed by atoms with E-state index in [4.69, 9.17) is 9.15 Å². The number of fused-ring (bicyclic) bond motifs is 1. The average molecular weight is 431 g/mol.